The molecule has 0 saturated carbocycles. The molecule has 0 fully saturated rings. The lowest BCUT2D eigenvalue weighted by molar-refractivity contribution is 0.619. The highest BCUT2D eigenvalue weighted by Gasteiger charge is 1.89. The Labute approximate surface area is 66.3 Å². The van der Waals surface area contributed by atoms with Gasteiger partial charge in [-0.1, -0.05) is 13.8 Å². The highest BCUT2D eigenvalue weighted by atomic mass is 19.1. The number of nitrogens with zero attached hydrogens (tertiary/aromatic N) is 1. The fourth-order valence-electron chi connectivity index (χ4n) is 0.527. The predicted octanol–water partition coefficient (Wildman–Crippen LogP) is 1.71. The van der Waals surface area contributed by atoms with Gasteiger partial charge in [0.15, 0.2) is 0 Å². The van der Waals surface area contributed by atoms with Crippen molar-refractivity contribution in [3.05, 3.63) is 29.8 Å². The van der Waals surface area contributed by atoms with Gasteiger partial charge in [-0.15, -0.1) is 0 Å². The molecule has 1 rings (SSSR count). The Morgan fingerprint density at radius 1 is 1.45 bits per heavy atom. The molecule has 0 atom stereocenters. The van der Waals surface area contributed by atoms with Crippen LogP contribution in [0, 0.1) is 5.82 Å². The summed E-state index contributed by atoms with van der Waals surface area (Å²) in [5.74, 6) is -0.327. The zero-order chi connectivity index (χ0) is 8.69. The average Bonchev–Trinajstić information content (AvgIpc) is 2.10. The first-order valence-electron chi connectivity index (χ1n) is 3.63. The van der Waals surface area contributed by atoms with Crippen LogP contribution in [0.15, 0.2) is 18.3 Å². The van der Waals surface area contributed by atoms with Crippen LogP contribution >= 0.6 is 0 Å². The van der Waals surface area contributed by atoms with Crippen LogP contribution in [0.4, 0.5) is 4.39 Å². The molecule has 2 nitrogen and oxygen atoms in total. The summed E-state index contributed by atoms with van der Waals surface area (Å²) < 4.78 is 12.1. The third kappa shape index (κ3) is 3.68. The van der Waals surface area contributed by atoms with Crippen LogP contribution < -0.4 is 5.73 Å². The van der Waals surface area contributed by atoms with Crippen molar-refractivity contribution >= 4 is 0 Å². The second kappa shape index (κ2) is 5.80. The lowest BCUT2D eigenvalue weighted by atomic mass is 10.3. The Bertz CT molecular complexity index is 184. The minimum absolute atomic E-state index is 0.327. The highest BCUT2D eigenvalue weighted by Crippen LogP contribution is 1.95. The fraction of sp³-hybridized carbons (Fsp3) is 0.375. The van der Waals surface area contributed by atoms with Crippen molar-refractivity contribution in [3.63, 3.8) is 0 Å². The molecule has 2 N–H and O–H groups in total. The molecule has 0 radical (unpaired) electrons. The smallest absolute Gasteiger partial charge is 0.141 e. The van der Waals surface area contributed by atoms with E-state index >= 15 is 0 Å². The molecule has 11 heavy (non-hydrogen) atoms. The van der Waals surface area contributed by atoms with Gasteiger partial charge in [-0.05, 0) is 12.1 Å². The molecule has 0 unspecified atom stereocenters. The lowest BCUT2D eigenvalue weighted by Gasteiger charge is -1.91. The largest absolute Gasteiger partial charge is 0.325 e. The van der Waals surface area contributed by atoms with E-state index in [0.717, 1.165) is 6.20 Å². The Balaban J connectivity index is 0.000000461. The van der Waals surface area contributed by atoms with Crippen molar-refractivity contribution in [1.82, 2.24) is 4.98 Å². The van der Waals surface area contributed by atoms with Crippen LogP contribution in [0.1, 0.15) is 19.5 Å². The number of aromatic nitrogens is 1. The Kier molecular flexibility index (Phi) is 5.29. The van der Waals surface area contributed by atoms with E-state index in [1.165, 1.54) is 6.07 Å². The molecule has 1 aromatic rings. The van der Waals surface area contributed by atoms with Gasteiger partial charge >= 0.3 is 0 Å². The molecular weight excluding hydrogens is 143 g/mol. The van der Waals surface area contributed by atoms with Crippen molar-refractivity contribution in [2.45, 2.75) is 20.4 Å². The molecule has 0 spiro atoms. The number of nitrogens with two attached hydrogens (primary N) is 1. The summed E-state index contributed by atoms with van der Waals surface area (Å²) in [5.41, 5.74) is 5.92. The zero-order valence-electron chi connectivity index (χ0n) is 6.84. The molecular formula is C8H13FN2. The summed E-state index contributed by atoms with van der Waals surface area (Å²) in [6.45, 7) is 4.36. The van der Waals surface area contributed by atoms with Crippen molar-refractivity contribution in [3.8, 4) is 0 Å². The summed E-state index contributed by atoms with van der Waals surface area (Å²) in [7, 11) is 0. The summed E-state index contributed by atoms with van der Waals surface area (Å²) in [4.78, 5) is 3.70. The minimum atomic E-state index is -0.327. The van der Waals surface area contributed by atoms with E-state index in [9.17, 15) is 4.39 Å². The molecule has 62 valence electrons. The minimum Gasteiger partial charge on any atom is -0.325 e. The first-order valence-corrected chi connectivity index (χ1v) is 3.63. The van der Waals surface area contributed by atoms with Gasteiger partial charge in [0.25, 0.3) is 0 Å². The topological polar surface area (TPSA) is 38.9 Å². The van der Waals surface area contributed by atoms with E-state index < -0.39 is 0 Å². The number of hydrogen-bond donors (Lipinski definition) is 1. The van der Waals surface area contributed by atoms with Gasteiger partial charge in [0.1, 0.15) is 5.82 Å². The second-order valence-corrected chi connectivity index (χ2v) is 1.67. The molecule has 0 bridgehead atoms. The van der Waals surface area contributed by atoms with Gasteiger partial charge in [-0.25, -0.2) is 4.39 Å². The van der Waals surface area contributed by atoms with Gasteiger partial charge in [-0.3, -0.25) is 4.98 Å². The number of pyridine rings is 1. The predicted molar refractivity (Wildman–Crippen MR) is 43.4 cm³/mol. The third-order valence-electron chi connectivity index (χ3n) is 0.998. The lowest BCUT2D eigenvalue weighted by Crippen LogP contribution is -1.98. The molecule has 0 saturated heterocycles. The van der Waals surface area contributed by atoms with E-state index in [0.29, 0.717) is 12.2 Å². The number of hydrogen-bond acceptors (Lipinski definition) is 2. The van der Waals surface area contributed by atoms with Gasteiger partial charge in [0.2, 0.25) is 0 Å². The quantitative estimate of drug-likeness (QED) is 0.672. The molecule has 1 aromatic heterocycles. The maximum Gasteiger partial charge on any atom is 0.141 e. The number of rotatable bonds is 1. The molecule has 0 aromatic carbocycles. The fourth-order valence-corrected chi connectivity index (χ4v) is 0.527. The molecule has 0 aliphatic carbocycles. The summed E-state index contributed by atoms with van der Waals surface area (Å²) >= 11 is 0. The zero-order valence-corrected chi connectivity index (χ0v) is 6.84. The van der Waals surface area contributed by atoms with Crippen molar-refractivity contribution in [2.24, 2.45) is 5.73 Å². The van der Waals surface area contributed by atoms with Crippen molar-refractivity contribution < 1.29 is 4.39 Å². The molecule has 0 aliphatic rings. The third-order valence-corrected chi connectivity index (χ3v) is 0.998. The van der Waals surface area contributed by atoms with Crippen molar-refractivity contribution in [1.29, 1.82) is 0 Å². The van der Waals surface area contributed by atoms with E-state index in [1.54, 1.807) is 6.07 Å². The van der Waals surface area contributed by atoms with Gasteiger partial charge in [-0.2, -0.15) is 0 Å². The van der Waals surface area contributed by atoms with Crippen LogP contribution in [-0.4, -0.2) is 4.98 Å². The Morgan fingerprint density at radius 3 is 2.45 bits per heavy atom. The van der Waals surface area contributed by atoms with Gasteiger partial charge < -0.3 is 5.73 Å². The maximum atomic E-state index is 12.1. The van der Waals surface area contributed by atoms with Crippen LogP contribution in [0.5, 0.6) is 0 Å². The summed E-state index contributed by atoms with van der Waals surface area (Å²) in [6, 6.07) is 2.91. The molecule has 0 aliphatic heterocycles. The van der Waals surface area contributed by atoms with E-state index in [2.05, 4.69) is 4.98 Å². The average molecular weight is 156 g/mol. The maximum absolute atomic E-state index is 12.1. The number of halogens is 1. The first kappa shape index (κ1) is 10.0. The molecule has 3 heteroatoms. The summed E-state index contributed by atoms with van der Waals surface area (Å²) in [6.07, 6.45) is 1.15. The SMILES string of the molecule is CC.NCc1ccc(F)cn1. The Morgan fingerprint density at radius 2 is 2.09 bits per heavy atom. The normalized spacial score (nSPS) is 8.36. The molecule has 0 amide bonds. The van der Waals surface area contributed by atoms with E-state index in [4.69, 9.17) is 5.73 Å². The first-order chi connectivity index (χ1) is 5.33. The van der Waals surface area contributed by atoms with E-state index in [1.807, 2.05) is 13.8 Å². The molecule has 1 heterocycles. The highest BCUT2D eigenvalue weighted by molar-refractivity contribution is 5.04. The van der Waals surface area contributed by atoms with Crippen LogP contribution in [0.3, 0.4) is 0 Å². The second-order valence-electron chi connectivity index (χ2n) is 1.67. The van der Waals surface area contributed by atoms with Crippen LogP contribution in [0.2, 0.25) is 0 Å². The van der Waals surface area contributed by atoms with Gasteiger partial charge in [0, 0.05) is 6.54 Å². The monoisotopic (exact) mass is 156 g/mol. The summed E-state index contributed by atoms with van der Waals surface area (Å²) in [5, 5.41) is 0. The van der Waals surface area contributed by atoms with E-state index in [-0.39, 0.29) is 5.82 Å². The Hall–Kier alpha value is -0.960. The van der Waals surface area contributed by atoms with Gasteiger partial charge in [0.05, 0.1) is 11.9 Å². The van der Waals surface area contributed by atoms with Crippen LogP contribution in [0.25, 0.3) is 0 Å². The standard InChI is InChI=1S/C6H7FN2.C2H6/c7-5-1-2-6(3-8)9-4-5;1-2/h1-2,4H,3,8H2;1-2H3. The van der Waals surface area contributed by atoms with Crippen LogP contribution in [-0.2, 0) is 6.54 Å². The van der Waals surface area contributed by atoms with Crippen molar-refractivity contribution in [2.75, 3.05) is 0 Å².